The summed E-state index contributed by atoms with van der Waals surface area (Å²) in [7, 11) is 0. The van der Waals surface area contributed by atoms with E-state index in [-0.39, 0.29) is 0 Å². The number of aliphatic carboxylic acids is 1. The molecule has 0 atom stereocenters. The maximum atomic E-state index is 10.6. The van der Waals surface area contributed by atoms with E-state index < -0.39 is 5.97 Å². The van der Waals surface area contributed by atoms with Crippen LogP contribution in [0.4, 0.5) is 0 Å². The van der Waals surface area contributed by atoms with Gasteiger partial charge in [0.1, 0.15) is 0 Å². The third kappa shape index (κ3) is 4.52. The van der Waals surface area contributed by atoms with Crippen LogP contribution in [0.2, 0.25) is 0 Å². The first kappa shape index (κ1) is 13.5. The van der Waals surface area contributed by atoms with Crippen molar-refractivity contribution in [2.75, 3.05) is 19.6 Å². The summed E-state index contributed by atoms with van der Waals surface area (Å²) < 4.78 is 0. The van der Waals surface area contributed by atoms with Crippen LogP contribution in [0.25, 0.3) is 0 Å². The van der Waals surface area contributed by atoms with Crippen LogP contribution in [-0.2, 0) is 4.79 Å². The fraction of sp³-hybridized carbons (Fsp3) is 0.923. The third-order valence-corrected chi connectivity index (χ3v) is 3.84. The minimum Gasteiger partial charge on any atom is -0.481 e. The van der Waals surface area contributed by atoms with E-state index in [1.807, 2.05) is 0 Å². The summed E-state index contributed by atoms with van der Waals surface area (Å²) in [6, 6.07) is 0. The molecule has 1 N–H and O–H groups in total. The van der Waals surface area contributed by atoms with Gasteiger partial charge in [0.25, 0.3) is 0 Å². The Morgan fingerprint density at radius 2 is 1.88 bits per heavy atom. The summed E-state index contributed by atoms with van der Waals surface area (Å²) in [4.78, 5) is 13.1. The van der Waals surface area contributed by atoms with E-state index >= 15 is 0 Å². The lowest BCUT2D eigenvalue weighted by atomic mass is 9.92. The minimum atomic E-state index is -0.640. The van der Waals surface area contributed by atoms with E-state index in [9.17, 15) is 4.79 Å². The Morgan fingerprint density at radius 1 is 1.31 bits per heavy atom. The molecule has 0 aliphatic carbocycles. The maximum absolute atomic E-state index is 10.6. The molecule has 0 unspecified atom stereocenters. The summed E-state index contributed by atoms with van der Waals surface area (Å²) >= 11 is 0. The molecule has 1 saturated heterocycles. The van der Waals surface area contributed by atoms with Gasteiger partial charge in [0.2, 0.25) is 0 Å². The Morgan fingerprint density at radius 3 is 2.31 bits per heavy atom. The molecular formula is C13H25NO2. The van der Waals surface area contributed by atoms with Crippen molar-refractivity contribution in [3.63, 3.8) is 0 Å². The number of likely N-dealkylation sites (tertiary alicyclic amines) is 1. The number of hydrogen-bond acceptors (Lipinski definition) is 2. The number of rotatable bonds is 6. The summed E-state index contributed by atoms with van der Waals surface area (Å²) in [6.45, 7) is 7.90. The Labute approximate surface area is 98.8 Å². The lowest BCUT2D eigenvalue weighted by Gasteiger charge is -2.33. The molecule has 1 aliphatic rings. The Hall–Kier alpha value is -0.570. The second kappa shape index (κ2) is 6.89. The molecule has 0 spiro atoms. The molecule has 94 valence electrons. The summed E-state index contributed by atoms with van der Waals surface area (Å²) in [5.74, 6) is 0.588. The number of carboxylic acid groups (broad SMARTS) is 1. The normalized spacial score (nSPS) is 19.2. The van der Waals surface area contributed by atoms with Crippen molar-refractivity contribution in [1.29, 1.82) is 0 Å². The van der Waals surface area contributed by atoms with Crippen LogP contribution in [0.5, 0.6) is 0 Å². The highest BCUT2D eigenvalue weighted by Gasteiger charge is 2.22. The average Bonchev–Trinajstić information content (AvgIpc) is 2.27. The number of carboxylic acids is 1. The largest absolute Gasteiger partial charge is 0.481 e. The minimum absolute atomic E-state index is 0.360. The van der Waals surface area contributed by atoms with Crippen molar-refractivity contribution in [1.82, 2.24) is 4.90 Å². The number of carbonyl (C=O) groups is 1. The van der Waals surface area contributed by atoms with Crippen LogP contribution in [0.1, 0.15) is 46.0 Å². The zero-order chi connectivity index (χ0) is 12.0. The smallest absolute Gasteiger partial charge is 0.303 e. The van der Waals surface area contributed by atoms with Gasteiger partial charge in [-0.3, -0.25) is 4.79 Å². The molecule has 3 heteroatoms. The molecule has 0 aromatic carbocycles. The number of piperidine rings is 1. The van der Waals surface area contributed by atoms with Crippen molar-refractivity contribution in [2.45, 2.75) is 46.0 Å². The van der Waals surface area contributed by atoms with E-state index in [0.29, 0.717) is 12.3 Å². The first-order valence-corrected chi connectivity index (χ1v) is 6.59. The van der Waals surface area contributed by atoms with E-state index in [2.05, 4.69) is 18.7 Å². The predicted octanol–water partition coefficient (Wildman–Crippen LogP) is 2.61. The number of nitrogens with zero attached hydrogens (tertiary/aromatic N) is 1. The molecule has 0 saturated carbocycles. The van der Waals surface area contributed by atoms with Gasteiger partial charge in [0, 0.05) is 13.0 Å². The highest BCUT2D eigenvalue weighted by molar-refractivity contribution is 5.67. The molecule has 1 aliphatic heterocycles. The van der Waals surface area contributed by atoms with Crippen LogP contribution in [0.15, 0.2) is 0 Å². The zero-order valence-corrected chi connectivity index (χ0v) is 10.6. The first-order valence-electron chi connectivity index (χ1n) is 6.59. The van der Waals surface area contributed by atoms with Gasteiger partial charge in [-0.2, -0.15) is 0 Å². The summed E-state index contributed by atoms with van der Waals surface area (Å²) in [5.41, 5.74) is 0. The molecule has 0 bridgehead atoms. The highest BCUT2D eigenvalue weighted by atomic mass is 16.4. The van der Waals surface area contributed by atoms with Gasteiger partial charge in [0.05, 0.1) is 0 Å². The zero-order valence-electron chi connectivity index (χ0n) is 10.6. The molecule has 1 rings (SSSR count). The molecule has 16 heavy (non-hydrogen) atoms. The van der Waals surface area contributed by atoms with E-state index in [1.165, 1.54) is 19.4 Å². The van der Waals surface area contributed by atoms with Crippen LogP contribution < -0.4 is 0 Å². The Kier molecular flexibility index (Phi) is 5.81. The van der Waals surface area contributed by atoms with Gasteiger partial charge in [-0.1, -0.05) is 26.7 Å². The van der Waals surface area contributed by atoms with Gasteiger partial charge in [-0.25, -0.2) is 0 Å². The van der Waals surface area contributed by atoms with Crippen LogP contribution in [0, 0.1) is 11.8 Å². The molecule has 0 amide bonds. The Balaban J connectivity index is 2.23. The first-order chi connectivity index (χ1) is 7.65. The van der Waals surface area contributed by atoms with Crippen molar-refractivity contribution in [3.05, 3.63) is 0 Å². The van der Waals surface area contributed by atoms with E-state index in [4.69, 9.17) is 5.11 Å². The maximum Gasteiger partial charge on any atom is 0.303 e. The van der Waals surface area contributed by atoms with E-state index in [0.717, 1.165) is 31.8 Å². The van der Waals surface area contributed by atoms with Crippen molar-refractivity contribution in [3.8, 4) is 0 Å². The van der Waals surface area contributed by atoms with Crippen LogP contribution in [0.3, 0.4) is 0 Å². The van der Waals surface area contributed by atoms with Gasteiger partial charge in [0.15, 0.2) is 0 Å². The third-order valence-electron chi connectivity index (χ3n) is 3.84. The van der Waals surface area contributed by atoms with Gasteiger partial charge >= 0.3 is 5.97 Å². The molecule has 0 aromatic heterocycles. The fourth-order valence-electron chi connectivity index (χ4n) is 2.53. The lowest BCUT2D eigenvalue weighted by molar-refractivity contribution is -0.138. The van der Waals surface area contributed by atoms with E-state index in [1.54, 1.807) is 0 Å². The predicted molar refractivity (Wildman–Crippen MR) is 65.5 cm³/mol. The second-order valence-corrected chi connectivity index (χ2v) is 5.02. The number of hydrogen-bond donors (Lipinski definition) is 1. The highest BCUT2D eigenvalue weighted by Crippen LogP contribution is 2.22. The van der Waals surface area contributed by atoms with Gasteiger partial charge < -0.3 is 10.0 Å². The topological polar surface area (TPSA) is 40.5 Å². The quantitative estimate of drug-likeness (QED) is 0.758. The van der Waals surface area contributed by atoms with Crippen molar-refractivity contribution >= 4 is 5.97 Å². The molecule has 0 radical (unpaired) electrons. The van der Waals surface area contributed by atoms with Crippen molar-refractivity contribution < 1.29 is 9.90 Å². The fourth-order valence-corrected chi connectivity index (χ4v) is 2.53. The molecule has 0 aromatic rings. The van der Waals surface area contributed by atoms with Gasteiger partial charge in [-0.15, -0.1) is 0 Å². The average molecular weight is 227 g/mol. The van der Waals surface area contributed by atoms with Crippen LogP contribution >= 0.6 is 0 Å². The summed E-state index contributed by atoms with van der Waals surface area (Å²) in [6.07, 6.45) is 4.99. The van der Waals surface area contributed by atoms with Gasteiger partial charge in [-0.05, 0) is 37.8 Å². The molecule has 1 heterocycles. The van der Waals surface area contributed by atoms with Crippen molar-refractivity contribution in [2.24, 2.45) is 11.8 Å². The second-order valence-electron chi connectivity index (χ2n) is 5.02. The lowest BCUT2D eigenvalue weighted by Crippen LogP contribution is -2.37. The van der Waals surface area contributed by atoms with Crippen LogP contribution in [-0.4, -0.2) is 35.6 Å². The Bertz CT molecular complexity index is 206. The standard InChI is InChI=1S/C13H25NO2/c1-3-11(4-2)10-14-7-5-12(6-8-14)9-13(15)16/h11-12H,3-10H2,1-2H3,(H,15,16). The summed E-state index contributed by atoms with van der Waals surface area (Å²) in [5, 5.41) is 8.74. The SMILES string of the molecule is CCC(CC)CN1CCC(CC(=O)O)CC1. The monoisotopic (exact) mass is 227 g/mol. The molecule has 3 nitrogen and oxygen atoms in total. The molecule has 1 fully saturated rings. The molecular weight excluding hydrogens is 202 g/mol.